The third kappa shape index (κ3) is 3.98. The Morgan fingerprint density at radius 1 is 1.25 bits per heavy atom. The quantitative estimate of drug-likeness (QED) is 0.779. The van der Waals surface area contributed by atoms with Crippen LogP contribution in [-0.2, 0) is 4.79 Å². The first-order chi connectivity index (χ1) is 7.84. The summed E-state index contributed by atoms with van der Waals surface area (Å²) < 4.78 is 0. The average Bonchev–Trinajstić information content (AvgIpc) is 2.81. The fourth-order valence-electron chi connectivity index (χ4n) is 2.42. The van der Waals surface area contributed by atoms with Gasteiger partial charge >= 0.3 is 0 Å². The Hall–Kier alpha value is -0.220. The molecule has 2 heterocycles. The van der Waals surface area contributed by atoms with Crippen molar-refractivity contribution in [2.45, 2.75) is 25.7 Å². The van der Waals surface area contributed by atoms with E-state index in [9.17, 15) is 4.79 Å². The van der Waals surface area contributed by atoms with E-state index in [0.717, 1.165) is 44.8 Å². The van der Waals surface area contributed by atoms with Crippen molar-refractivity contribution in [1.82, 2.24) is 10.6 Å². The zero-order valence-electron chi connectivity index (χ0n) is 9.84. The lowest BCUT2D eigenvalue weighted by atomic mass is 9.94. The lowest BCUT2D eigenvalue weighted by Crippen LogP contribution is -2.34. The molecule has 0 aromatic heterocycles. The lowest BCUT2D eigenvalue weighted by Gasteiger charge is -2.22. The summed E-state index contributed by atoms with van der Waals surface area (Å²) in [6.45, 7) is 3.06. The van der Waals surface area contributed by atoms with Crippen molar-refractivity contribution < 1.29 is 4.79 Å². The van der Waals surface area contributed by atoms with Crippen LogP contribution in [-0.4, -0.2) is 37.0 Å². The van der Waals surface area contributed by atoms with Crippen molar-refractivity contribution in [2.75, 3.05) is 31.1 Å². The van der Waals surface area contributed by atoms with Gasteiger partial charge in [-0.1, -0.05) is 0 Å². The molecular weight excluding hydrogens is 220 g/mol. The maximum absolute atomic E-state index is 11.7. The first-order valence-electron chi connectivity index (χ1n) is 6.40. The molecule has 0 radical (unpaired) electrons. The summed E-state index contributed by atoms with van der Waals surface area (Å²) in [5.41, 5.74) is 0. The molecule has 0 aromatic carbocycles. The van der Waals surface area contributed by atoms with Crippen LogP contribution in [0.4, 0.5) is 0 Å². The SMILES string of the molecule is O=C(CC1CCNCC1)NCC1CCSC1. The molecule has 0 aromatic rings. The predicted molar refractivity (Wildman–Crippen MR) is 68.7 cm³/mol. The second kappa shape index (κ2) is 6.50. The Kier molecular flexibility index (Phi) is 4.97. The topological polar surface area (TPSA) is 41.1 Å². The molecule has 0 aliphatic carbocycles. The molecule has 3 nitrogen and oxygen atoms in total. The number of piperidine rings is 1. The molecule has 92 valence electrons. The van der Waals surface area contributed by atoms with Crippen molar-refractivity contribution in [1.29, 1.82) is 0 Å². The van der Waals surface area contributed by atoms with Crippen LogP contribution in [0.2, 0.25) is 0 Å². The van der Waals surface area contributed by atoms with E-state index in [4.69, 9.17) is 0 Å². The number of amides is 1. The van der Waals surface area contributed by atoms with E-state index in [-0.39, 0.29) is 5.91 Å². The summed E-state index contributed by atoms with van der Waals surface area (Å²) in [5.74, 6) is 4.10. The smallest absolute Gasteiger partial charge is 0.220 e. The van der Waals surface area contributed by atoms with E-state index in [1.165, 1.54) is 17.9 Å². The number of carbonyl (C=O) groups is 1. The molecule has 1 atom stereocenters. The van der Waals surface area contributed by atoms with Crippen molar-refractivity contribution >= 4 is 17.7 Å². The highest BCUT2D eigenvalue weighted by Crippen LogP contribution is 2.22. The molecule has 0 bridgehead atoms. The number of thioether (sulfide) groups is 1. The van der Waals surface area contributed by atoms with E-state index >= 15 is 0 Å². The van der Waals surface area contributed by atoms with Crippen LogP contribution < -0.4 is 10.6 Å². The van der Waals surface area contributed by atoms with Crippen molar-refractivity contribution in [3.05, 3.63) is 0 Å². The monoisotopic (exact) mass is 242 g/mol. The van der Waals surface area contributed by atoms with Crippen molar-refractivity contribution in [3.63, 3.8) is 0 Å². The van der Waals surface area contributed by atoms with E-state index in [2.05, 4.69) is 10.6 Å². The predicted octanol–water partition coefficient (Wildman–Crippen LogP) is 1.25. The van der Waals surface area contributed by atoms with E-state index in [0.29, 0.717) is 5.92 Å². The molecule has 0 saturated carbocycles. The van der Waals surface area contributed by atoms with Gasteiger partial charge in [0.2, 0.25) is 5.91 Å². The number of rotatable bonds is 4. The van der Waals surface area contributed by atoms with Gasteiger partial charge in [-0.05, 0) is 55.7 Å². The fourth-order valence-corrected chi connectivity index (χ4v) is 3.71. The second-order valence-electron chi connectivity index (χ2n) is 4.93. The number of hydrogen-bond donors (Lipinski definition) is 2. The van der Waals surface area contributed by atoms with Crippen molar-refractivity contribution in [3.8, 4) is 0 Å². The molecule has 2 saturated heterocycles. The van der Waals surface area contributed by atoms with Gasteiger partial charge in [-0.3, -0.25) is 4.79 Å². The Morgan fingerprint density at radius 3 is 2.75 bits per heavy atom. The molecule has 1 amide bonds. The maximum atomic E-state index is 11.7. The second-order valence-corrected chi connectivity index (χ2v) is 6.08. The van der Waals surface area contributed by atoms with Gasteiger partial charge in [-0.25, -0.2) is 0 Å². The Labute approximate surface area is 102 Å². The lowest BCUT2D eigenvalue weighted by molar-refractivity contribution is -0.122. The maximum Gasteiger partial charge on any atom is 0.220 e. The van der Waals surface area contributed by atoms with Gasteiger partial charge in [0.25, 0.3) is 0 Å². The fraction of sp³-hybridized carbons (Fsp3) is 0.917. The Balaban J connectivity index is 1.59. The standard InChI is InChI=1S/C12H22N2OS/c15-12(7-10-1-4-13-5-2-10)14-8-11-3-6-16-9-11/h10-11,13H,1-9H2,(H,14,15). The van der Waals surface area contributed by atoms with Gasteiger partial charge in [0, 0.05) is 13.0 Å². The number of nitrogens with one attached hydrogen (secondary N) is 2. The molecule has 0 spiro atoms. The molecule has 2 aliphatic rings. The van der Waals surface area contributed by atoms with Gasteiger partial charge < -0.3 is 10.6 Å². The largest absolute Gasteiger partial charge is 0.356 e. The van der Waals surface area contributed by atoms with Crippen LogP contribution in [0.3, 0.4) is 0 Å². The first kappa shape index (κ1) is 12.2. The molecule has 2 fully saturated rings. The summed E-state index contributed by atoms with van der Waals surface area (Å²) in [5, 5.41) is 6.43. The van der Waals surface area contributed by atoms with Crippen LogP contribution in [0.1, 0.15) is 25.7 Å². The highest BCUT2D eigenvalue weighted by Gasteiger charge is 2.19. The van der Waals surface area contributed by atoms with Gasteiger partial charge in [0.1, 0.15) is 0 Å². The molecule has 1 unspecified atom stereocenters. The summed E-state index contributed by atoms with van der Waals surface area (Å²) >= 11 is 2.01. The van der Waals surface area contributed by atoms with Crippen LogP contribution in [0.15, 0.2) is 0 Å². The minimum Gasteiger partial charge on any atom is -0.356 e. The molecule has 2 N–H and O–H groups in total. The summed E-state index contributed by atoms with van der Waals surface area (Å²) in [6.07, 6.45) is 4.33. The van der Waals surface area contributed by atoms with Crippen molar-refractivity contribution in [2.24, 2.45) is 11.8 Å². The Morgan fingerprint density at radius 2 is 2.06 bits per heavy atom. The number of hydrogen-bond acceptors (Lipinski definition) is 3. The minimum atomic E-state index is 0.267. The zero-order chi connectivity index (χ0) is 11.2. The van der Waals surface area contributed by atoms with E-state index < -0.39 is 0 Å². The van der Waals surface area contributed by atoms with E-state index in [1.54, 1.807) is 0 Å². The summed E-state index contributed by atoms with van der Waals surface area (Å²) in [6, 6.07) is 0. The number of carbonyl (C=O) groups excluding carboxylic acids is 1. The summed E-state index contributed by atoms with van der Waals surface area (Å²) in [4.78, 5) is 11.7. The normalized spacial score (nSPS) is 26.9. The zero-order valence-corrected chi connectivity index (χ0v) is 10.7. The van der Waals surface area contributed by atoms with Crippen LogP contribution in [0.25, 0.3) is 0 Å². The molecular formula is C12H22N2OS. The van der Waals surface area contributed by atoms with Gasteiger partial charge in [0.05, 0.1) is 0 Å². The summed E-state index contributed by atoms with van der Waals surface area (Å²) in [7, 11) is 0. The third-order valence-corrected chi connectivity index (χ3v) is 4.78. The first-order valence-corrected chi connectivity index (χ1v) is 7.55. The average molecular weight is 242 g/mol. The third-order valence-electron chi connectivity index (χ3n) is 3.54. The molecule has 2 rings (SSSR count). The van der Waals surface area contributed by atoms with Gasteiger partial charge in [0.15, 0.2) is 0 Å². The van der Waals surface area contributed by atoms with Gasteiger partial charge in [-0.15, -0.1) is 0 Å². The van der Waals surface area contributed by atoms with Gasteiger partial charge in [-0.2, -0.15) is 11.8 Å². The van der Waals surface area contributed by atoms with Crippen LogP contribution in [0, 0.1) is 11.8 Å². The van der Waals surface area contributed by atoms with Crippen LogP contribution in [0.5, 0.6) is 0 Å². The highest BCUT2D eigenvalue weighted by molar-refractivity contribution is 7.99. The molecule has 2 aliphatic heterocycles. The highest BCUT2D eigenvalue weighted by atomic mass is 32.2. The van der Waals surface area contributed by atoms with E-state index in [1.807, 2.05) is 11.8 Å². The molecule has 4 heteroatoms. The molecule has 16 heavy (non-hydrogen) atoms. The minimum absolute atomic E-state index is 0.267. The Bertz CT molecular complexity index is 223. The van der Waals surface area contributed by atoms with Crippen LogP contribution >= 0.6 is 11.8 Å².